The number of nitrogens with zero attached hydrogens (tertiary/aromatic N) is 3. The minimum Gasteiger partial charge on any atom is -0.496 e. The number of thioether (sulfide) groups is 1. The van der Waals surface area contributed by atoms with Gasteiger partial charge < -0.3 is 14.4 Å². The molecule has 2 aliphatic rings. The van der Waals surface area contributed by atoms with Crippen LogP contribution >= 0.6 is 11.8 Å². The second kappa shape index (κ2) is 7.43. The Morgan fingerprint density at radius 3 is 2.70 bits per heavy atom. The molecule has 0 N–H and O–H groups in total. The Morgan fingerprint density at radius 2 is 2.04 bits per heavy atom. The summed E-state index contributed by atoms with van der Waals surface area (Å²) >= 11 is 1.85. The molecule has 6 heteroatoms. The number of methoxy groups -OCH3 is 2. The summed E-state index contributed by atoms with van der Waals surface area (Å²) in [5.41, 5.74) is 3.16. The third kappa shape index (κ3) is 2.96. The maximum Gasteiger partial charge on any atom is 0.160 e. The van der Waals surface area contributed by atoms with Crippen LogP contribution in [0.5, 0.6) is 11.5 Å². The standard InChI is InChI=1S/C21H25N3O2S/c1-5-14-12-27-21-23-18(16-8-6-7-11-22-16)19(24(14)21)15-9-10-17(25-3)13(2)20(15)26-4/h6-11,14,18-19H,5,12H2,1-4H3. The van der Waals surface area contributed by atoms with Crippen molar-refractivity contribution in [3.8, 4) is 11.5 Å². The van der Waals surface area contributed by atoms with Crippen LogP contribution in [0.15, 0.2) is 41.5 Å². The predicted octanol–water partition coefficient (Wildman–Crippen LogP) is 4.39. The van der Waals surface area contributed by atoms with Crippen LogP contribution in [-0.4, -0.2) is 41.1 Å². The first-order valence-electron chi connectivity index (χ1n) is 9.30. The molecule has 142 valence electrons. The molecule has 0 saturated carbocycles. The van der Waals surface area contributed by atoms with Gasteiger partial charge in [-0.25, -0.2) is 0 Å². The molecule has 0 bridgehead atoms. The summed E-state index contributed by atoms with van der Waals surface area (Å²) in [6.45, 7) is 4.29. The van der Waals surface area contributed by atoms with Gasteiger partial charge in [0.15, 0.2) is 5.17 Å². The molecule has 5 nitrogen and oxygen atoms in total. The number of benzene rings is 1. The van der Waals surface area contributed by atoms with Gasteiger partial charge in [-0.1, -0.05) is 24.8 Å². The van der Waals surface area contributed by atoms with E-state index >= 15 is 0 Å². The molecular weight excluding hydrogens is 358 g/mol. The number of pyridine rings is 1. The molecule has 0 aliphatic carbocycles. The number of hydrogen-bond donors (Lipinski definition) is 0. The van der Waals surface area contributed by atoms with Crippen molar-refractivity contribution < 1.29 is 9.47 Å². The van der Waals surface area contributed by atoms with Crippen LogP contribution in [0.4, 0.5) is 0 Å². The largest absolute Gasteiger partial charge is 0.496 e. The average molecular weight is 384 g/mol. The SMILES string of the molecule is CCC1CSC2=NC(c3ccccn3)C(c3ccc(OC)c(C)c3OC)N21. The molecule has 4 rings (SSSR count). The molecule has 1 aromatic carbocycles. The van der Waals surface area contributed by atoms with E-state index in [4.69, 9.17) is 14.5 Å². The number of hydrogen-bond acceptors (Lipinski definition) is 6. The van der Waals surface area contributed by atoms with Gasteiger partial charge >= 0.3 is 0 Å². The molecule has 0 spiro atoms. The van der Waals surface area contributed by atoms with E-state index in [1.165, 1.54) is 0 Å². The summed E-state index contributed by atoms with van der Waals surface area (Å²) in [6, 6.07) is 10.7. The van der Waals surface area contributed by atoms with E-state index in [9.17, 15) is 0 Å². The van der Waals surface area contributed by atoms with E-state index in [2.05, 4.69) is 28.9 Å². The third-order valence-corrected chi connectivity index (χ3v) is 6.58. The highest BCUT2D eigenvalue weighted by atomic mass is 32.2. The molecule has 3 heterocycles. The minimum absolute atomic E-state index is 0.0373. The van der Waals surface area contributed by atoms with Crippen LogP contribution in [0.1, 0.15) is 42.2 Å². The molecule has 0 amide bonds. The van der Waals surface area contributed by atoms with Crippen molar-refractivity contribution in [2.75, 3.05) is 20.0 Å². The lowest BCUT2D eigenvalue weighted by Crippen LogP contribution is -2.35. The van der Waals surface area contributed by atoms with Crippen LogP contribution in [-0.2, 0) is 0 Å². The van der Waals surface area contributed by atoms with Crippen LogP contribution in [0.25, 0.3) is 0 Å². The van der Waals surface area contributed by atoms with E-state index in [-0.39, 0.29) is 12.1 Å². The van der Waals surface area contributed by atoms with Crippen LogP contribution < -0.4 is 9.47 Å². The fourth-order valence-electron chi connectivity index (χ4n) is 4.11. The number of aliphatic imine (C=N–C) groups is 1. The molecule has 2 aromatic rings. The molecule has 1 fully saturated rings. The van der Waals surface area contributed by atoms with Gasteiger partial charge in [0, 0.05) is 29.1 Å². The second-order valence-corrected chi connectivity index (χ2v) is 7.84. The van der Waals surface area contributed by atoms with Crippen molar-refractivity contribution in [2.24, 2.45) is 4.99 Å². The van der Waals surface area contributed by atoms with Crippen LogP contribution in [0.2, 0.25) is 0 Å². The Hall–Kier alpha value is -2.21. The summed E-state index contributed by atoms with van der Waals surface area (Å²) < 4.78 is 11.4. The number of rotatable bonds is 5. The highest BCUT2D eigenvalue weighted by molar-refractivity contribution is 8.14. The predicted molar refractivity (Wildman–Crippen MR) is 110 cm³/mol. The third-order valence-electron chi connectivity index (χ3n) is 5.46. The molecule has 27 heavy (non-hydrogen) atoms. The molecule has 1 saturated heterocycles. The average Bonchev–Trinajstić information content (AvgIpc) is 3.27. The molecule has 3 unspecified atom stereocenters. The van der Waals surface area contributed by atoms with E-state index in [1.807, 2.05) is 43.1 Å². The highest BCUT2D eigenvalue weighted by Crippen LogP contribution is 2.51. The Labute approximate surface area is 164 Å². The van der Waals surface area contributed by atoms with Crippen molar-refractivity contribution in [2.45, 2.75) is 38.4 Å². The van der Waals surface area contributed by atoms with Crippen molar-refractivity contribution >= 4 is 16.9 Å². The van der Waals surface area contributed by atoms with Gasteiger partial charge in [0.05, 0.1) is 26.0 Å². The number of ether oxygens (including phenoxy) is 2. The lowest BCUT2D eigenvalue weighted by atomic mass is 9.93. The smallest absolute Gasteiger partial charge is 0.160 e. The summed E-state index contributed by atoms with van der Waals surface area (Å²) in [5, 5.41) is 1.12. The summed E-state index contributed by atoms with van der Waals surface area (Å²) in [5.74, 6) is 2.80. The minimum atomic E-state index is -0.0373. The van der Waals surface area contributed by atoms with Crippen molar-refractivity contribution in [3.63, 3.8) is 0 Å². The van der Waals surface area contributed by atoms with Gasteiger partial charge in [0.2, 0.25) is 0 Å². The van der Waals surface area contributed by atoms with Crippen molar-refractivity contribution in [1.29, 1.82) is 0 Å². The fraction of sp³-hybridized carbons (Fsp3) is 0.429. The van der Waals surface area contributed by atoms with Gasteiger partial charge in [-0.05, 0) is 37.6 Å². The van der Waals surface area contributed by atoms with Gasteiger partial charge in [-0.15, -0.1) is 0 Å². The van der Waals surface area contributed by atoms with Crippen LogP contribution in [0.3, 0.4) is 0 Å². The molecule has 1 aromatic heterocycles. The number of amidine groups is 1. The van der Waals surface area contributed by atoms with E-state index in [0.717, 1.165) is 45.7 Å². The van der Waals surface area contributed by atoms with E-state index < -0.39 is 0 Å². The normalized spacial score (nSPS) is 23.9. The zero-order chi connectivity index (χ0) is 19.0. The monoisotopic (exact) mass is 383 g/mol. The van der Waals surface area contributed by atoms with E-state index in [0.29, 0.717) is 6.04 Å². The van der Waals surface area contributed by atoms with Gasteiger partial charge in [0.25, 0.3) is 0 Å². The lowest BCUT2D eigenvalue weighted by Gasteiger charge is -2.33. The first-order chi connectivity index (χ1) is 13.2. The highest BCUT2D eigenvalue weighted by Gasteiger charge is 2.46. The Balaban J connectivity index is 1.86. The molecular formula is C21H25N3O2S. The van der Waals surface area contributed by atoms with Crippen molar-refractivity contribution in [3.05, 3.63) is 53.3 Å². The van der Waals surface area contributed by atoms with Gasteiger partial charge in [-0.3, -0.25) is 9.98 Å². The zero-order valence-electron chi connectivity index (χ0n) is 16.2. The molecule has 0 radical (unpaired) electrons. The Morgan fingerprint density at radius 1 is 1.19 bits per heavy atom. The van der Waals surface area contributed by atoms with Crippen molar-refractivity contribution in [1.82, 2.24) is 9.88 Å². The first kappa shape index (κ1) is 18.2. The van der Waals surface area contributed by atoms with Gasteiger partial charge in [-0.2, -0.15) is 0 Å². The summed E-state index contributed by atoms with van der Waals surface area (Å²) in [7, 11) is 3.42. The summed E-state index contributed by atoms with van der Waals surface area (Å²) in [6.07, 6.45) is 2.94. The maximum absolute atomic E-state index is 5.85. The maximum atomic E-state index is 5.85. The van der Waals surface area contributed by atoms with E-state index in [1.54, 1.807) is 14.2 Å². The zero-order valence-corrected chi connectivity index (χ0v) is 17.0. The molecule has 2 aliphatic heterocycles. The van der Waals surface area contributed by atoms with Crippen LogP contribution in [0, 0.1) is 6.92 Å². The number of fused-ring (bicyclic) bond motifs is 1. The molecule has 3 atom stereocenters. The first-order valence-corrected chi connectivity index (χ1v) is 10.3. The Kier molecular flexibility index (Phi) is 5.00. The topological polar surface area (TPSA) is 47.0 Å². The number of aromatic nitrogens is 1. The Bertz CT molecular complexity index is 856. The summed E-state index contributed by atoms with van der Waals surface area (Å²) in [4.78, 5) is 12.2. The van der Waals surface area contributed by atoms with Gasteiger partial charge in [0.1, 0.15) is 17.5 Å². The quantitative estimate of drug-likeness (QED) is 0.766. The second-order valence-electron chi connectivity index (χ2n) is 6.85. The lowest BCUT2D eigenvalue weighted by molar-refractivity contribution is 0.248. The fourth-order valence-corrected chi connectivity index (χ4v) is 5.44.